The summed E-state index contributed by atoms with van der Waals surface area (Å²) in [4.78, 5) is 15.9. The first-order valence-electron chi connectivity index (χ1n) is 6.68. The fourth-order valence-corrected chi connectivity index (χ4v) is 2.65. The molecule has 2 N–H and O–H groups in total. The van der Waals surface area contributed by atoms with Crippen LogP contribution in [-0.4, -0.2) is 26.4 Å². The number of benzene rings is 1. The molecule has 0 saturated carbocycles. The number of nitrogens with zero attached hydrogens (tertiary/aromatic N) is 1. The average Bonchev–Trinajstić information content (AvgIpc) is 2.53. The Bertz CT molecular complexity index is 746. The summed E-state index contributed by atoms with van der Waals surface area (Å²) in [6.07, 6.45) is 1.55. The number of carbonyl (C=O) groups excluding carboxylic acids is 1. The Hall–Kier alpha value is -2.25. The molecule has 2 aromatic rings. The molecule has 2 rings (SSSR count). The number of sulfonamides is 1. The Balaban J connectivity index is 2.01. The Kier molecular flexibility index (Phi) is 5.24. The molecule has 0 aliphatic carbocycles. The lowest BCUT2D eigenvalue weighted by atomic mass is 10.1. The lowest BCUT2D eigenvalue weighted by molar-refractivity contribution is 0.0946. The third-order valence-corrected chi connectivity index (χ3v) is 4.35. The number of pyridine rings is 1. The average molecular weight is 319 g/mol. The predicted molar refractivity (Wildman–Crippen MR) is 83.5 cm³/mol. The van der Waals surface area contributed by atoms with Crippen molar-refractivity contribution in [3.05, 3.63) is 65.5 Å². The van der Waals surface area contributed by atoms with Gasteiger partial charge in [0.15, 0.2) is 0 Å². The van der Waals surface area contributed by atoms with Gasteiger partial charge in [-0.05, 0) is 30.3 Å². The molecule has 0 spiro atoms. The first kappa shape index (κ1) is 16.1. The van der Waals surface area contributed by atoms with E-state index in [1.54, 1.807) is 42.6 Å². The second kappa shape index (κ2) is 7.15. The van der Waals surface area contributed by atoms with Crippen LogP contribution in [0.1, 0.15) is 21.6 Å². The van der Waals surface area contributed by atoms with Gasteiger partial charge in [0.25, 0.3) is 5.91 Å². The minimum Gasteiger partial charge on any atom is -0.347 e. The van der Waals surface area contributed by atoms with E-state index in [9.17, 15) is 13.2 Å². The Labute approximate surface area is 129 Å². The summed E-state index contributed by atoms with van der Waals surface area (Å²) < 4.78 is 25.4. The van der Waals surface area contributed by atoms with Crippen LogP contribution >= 0.6 is 0 Å². The van der Waals surface area contributed by atoms with Crippen molar-refractivity contribution in [2.75, 3.05) is 7.05 Å². The van der Waals surface area contributed by atoms with Crippen LogP contribution in [0.5, 0.6) is 0 Å². The molecule has 0 aliphatic rings. The number of carbonyl (C=O) groups is 1. The molecule has 0 unspecified atom stereocenters. The van der Waals surface area contributed by atoms with Crippen LogP contribution in [-0.2, 0) is 22.3 Å². The molecule has 0 aliphatic heterocycles. The highest BCUT2D eigenvalue weighted by atomic mass is 32.2. The van der Waals surface area contributed by atoms with E-state index in [1.807, 2.05) is 6.07 Å². The third kappa shape index (κ3) is 4.64. The van der Waals surface area contributed by atoms with Crippen LogP contribution in [0.2, 0.25) is 0 Å². The molecule has 0 radical (unpaired) electrons. The molecule has 0 saturated heterocycles. The largest absolute Gasteiger partial charge is 0.347 e. The Morgan fingerprint density at radius 2 is 1.91 bits per heavy atom. The van der Waals surface area contributed by atoms with Gasteiger partial charge in [0.05, 0.1) is 5.75 Å². The third-order valence-electron chi connectivity index (χ3n) is 3.01. The van der Waals surface area contributed by atoms with Gasteiger partial charge >= 0.3 is 0 Å². The van der Waals surface area contributed by atoms with Gasteiger partial charge < -0.3 is 5.32 Å². The van der Waals surface area contributed by atoms with Gasteiger partial charge in [-0.1, -0.05) is 30.3 Å². The molecule has 1 aromatic carbocycles. The van der Waals surface area contributed by atoms with E-state index < -0.39 is 10.0 Å². The van der Waals surface area contributed by atoms with Crippen LogP contribution in [0.15, 0.2) is 48.7 Å². The van der Waals surface area contributed by atoms with Gasteiger partial charge in [0.1, 0.15) is 5.69 Å². The van der Waals surface area contributed by atoms with Gasteiger partial charge in [0, 0.05) is 12.7 Å². The highest BCUT2D eigenvalue weighted by Gasteiger charge is 2.09. The first-order chi connectivity index (χ1) is 10.5. The summed E-state index contributed by atoms with van der Waals surface area (Å²) >= 11 is 0. The van der Waals surface area contributed by atoms with Crippen molar-refractivity contribution in [1.82, 2.24) is 15.0 Å². The zero-order valence-electron chi connectivity index (χ0n) is 12.1. The van der Waals surface area contributed by atoms with Crippen molar-refractivity contribution >= 4 is 15.9 Å². The minimum atomic E-state index is -3.31. The Morgan fingerprint density at radius 3 is 2.59 bits per heavy atom. The van der Waals surface area contributed by atoms with Crippen molar-refractivity contribution in [2.24, 2.45) is 0 Å². The summed E-state index contributed by atoms with van der Waals surface area (Å²) in [5, 5.41) is 2.75. The Morgan fingerprint density at radius 1 is 1.14 bits per heavy atom. The smallest absolute Gasteiger partial charge is 0.270 e. The fourth-order valence-electron chi connectivity index (χ4n) is 1.89. The van der Waals surface area contributed by atoms with E-state index >= 15 is 0 Å². The zero-order chi connectivity index (χ0) is 16.0. The number of hydrogen-bond acceptors (Lipinski definition) is 4. The van der Waals surface area contributed by atoms with Crippen LogP contribution in [0, 0.1) is 0 Å². The van der Waals surface area contributed by atoms with Gasteiger partial charge in [-0.3, -0.25) is 9.78 Å². The van der Waals surface area contributed by atoms with Crippen molar-refractivity contribution < 1.29 is 13.2 Å². The van der Waals surface area contributed by atoms with Crippen LogP contribution in [0.25, 0.3) is 0 Å². The van der Waals surface area contributed by atoms with Gasteiger partial charge in [0.2, 0.25) is 10.0 Å². The molecule has 0 fully saturated rings. The SMILES string of the molecule is CNS(=O)(=O)Cc1cccc(CNC(=O)c2ccccn2)c1. The van der Waals surface area contributed by atoms with Crippen LogP contribution < -0.4 is 10.0 Å². The lowest BCUT2D eigenvalue weighted by Gasteiger charge is -2.07. The van der Waals surface area contributed by atoms with E-state index in [0.717, 1.165) is 5.56 Å². The maximum Gasteiger partial charge on any atom is 0.270 e. The number of aromatic nitrogens is 1. The monoisotopic (exact) mass is 319 g/mol. The second-order valence-corrected chi connectivity index (χ2v) is 6.61. The van der Waals surface area contributed by atoms with E-state index in [4.69, 9.17) is 0 Å². The normalized spacial score (nSPS) is 11.1. The molecule has 1 aromatic heterocycles. The molecule has 22 heavy (non-hydrogen) atoms. The number of hydrogen-bond donors (Lipinski definition) is 2. The van der Waals surface area contributed by atoms with E-state index in [2.05, 4.69) is 15.0 Å². The van der Waals surface area contributed by atoms with Gasteiger partial charge in [-0.2, -0.15) is 0 Å². The van der Waals surface area contributed by atoms with Gasteiger partial charge in [-0.25, -0.2) is 13.1 Å². The maximum absolute atomic E-state index is 11.9. The zero-order valence-corrected chi connectivity index (χ0v) is 12.9. The summed E-state index contributed by atoms with van der Waals surface area (Å²) in [6, 6.07) is 12.2. The first-order valence-corrected chi connectivity index (χ1v) is 8.34. The van der Waals surface area contributed by atoms with Crippen LogP contribution in [0.3, 0.4) is 0 Å². The molecule has 0 bridgehead atoms. The molecule has 0 atom stereocenters. The van der Waals surface area contributed by atoms with Crippen molar-refractivity contribution in [2.45, 2.75) is 12.3 Å². The second-order valence-electron chi connectivity index (χ2n) is 4.68. The summed E-state index contributed by atoms with van der Waals surface area (Å²) in [7, 11) is -1.93. The van der Waals surface area contributed by atoms with E-state index in [0.29, 0.717) is 17.8 Å². The standard InChI is InChI=1S/C15H17N3O3S/c1-16-22(20,21)11-13-6-4-5-12(9-13)10-18-15(19)14-7-2-3-8-17-14/h2-9,16H,10-11H2,1H3,(H,18,19). The molecule has 6 nitrogen and oxygen atoms in total. The number of amides is 1. The molecular formula is C15H17N3O3S. The molecule has 1 amide bonds. The van der Waals surface area contributed by atoms with Crippen molar-refractivity contribution in [1.29, 1.82) is 0 Å². The molecule has 1 heterocycles. The number of rotatable bonds is 6. The predicted octanol–water partition coefficient (Wildman–Crippen LogP) is 1.06. The highest BCUT2D eigenvalue weighted by molar-refractivity contribution is 7.88. The molecular weight excluding hydrogens is 302 g/mol. The van der Waals surface area contributed by atoms with E-state index in [-0.39, 0.29) is 11.7 Å². The molecule has 7 heteroatoms. The topological polar surface area (TPSA) is 88.2 Å². The maximum atomic E-state index is 11.9. The fraction of sp³-hybridized carbons (Fsp3) is 0.200. The lowest BCUT2D eigenvalue weighted by Crippen LogP contribution is -2.24. The van der Waals surface area contributed by atoms with Crippen molar-refractivity contribution in [3.63, 3.8) is 0 Å². The summed E-state index contributed by atoms with van der Waals surface area (Å²) in [6.45, 7) is 0.308. The molecule has 116 valence electrons. The number of nitrogens with one attached hydrogen (secondary N) is 2. The highest BCUT2D eigenvalue weighted by Crippen LogP contribution is 2.08. The summed E-state index contributed by atoms with van der Waals surface area (Å²) in [5.74, 6) is -0.361. The quantitative estimate of drug-likeness (QED) is 0.833. The van der Waals surface area contributed by atoms with E-state index in [1.165, 1.54) is 7.05 Å². The van der Waals surface area contributed by atoms with Crippen molar-refractivity contribution in [3.8, 4) is 0 Å². The van der Waals surface area contributed by atoms with Gasteiger partial charge in [-0.15, -0.1) is 0 Å². The van der Waals surface area contributed by atoms with Crippen LogP contribution in [0.4, 0.5) is 0 Å². The minimum absolute atomic E-state index is 0.0917. The summed E-state index contributed by atoms with van der Waals surface area (Å²) in [5.41, 5.74) is 1.84.